The summed E-state index contributed by atoms with van der Waals surface area (Å²) >= 11 is 0. The fourth-order valence-electron chi connectivity index (χ4n) is 5.05. The molecule has 7 nitrogen and oxygen atoms in total. The summed E-state index contributed by atoms with van der Waals surface area (Å²) in [6, 6.07) is 4.53. The second-order valence-corrected chi connectivity index (χ2v) is 9.52. The van der Waals surface area contributed by atoms with Crippen LogP contribution in [0, 0.1) is 11.8 Å². The second-order valence-electron chi connectivity index (χ2n) is 9.52. The van der Waals surface area contributed by atoms with Crippen molar-refractivity contribution in [2.24, 2.45) is 11.8 Å². The number of aliphatic carboxylic acids is 1. The molecule has 4 unspecified atom stereocenters. The Bertz CT molecular complexity index is 866. The van der Waals surface area contributed by atoms with Gasteiger partial charge >= 0.3 is 12.0 Å². The maximum Gasteiger partial charge on any atom is 0.491 e. The molecule has 1 saturated heterocycles. The zero-order valence-electron chi connectivity index (χ0n) is 18.6. The molecule has 0 radical (unpaired) electrons. The van der Waals surface area contributed by atoms with Crippen LogP contribution in [-0.4, -0.2) is 70.6 Å². The minimum absolute atomic E-state index is 0.0645. The highest BCUT2D eigenvalue weighted by Gasteiger charge is 2.50. The molecule has 4 atom stereocenters. The first-order chi connectivity index (χ1) is 14.0. The Hall–Kier alpha value is -2.41. The number of carbonyl (C=O) groups excluding carboxylic acids is 1. The van der Waals surface area contributed by atoms with Gasteiger partial charge in [0.05, 0.1) is 13.3 Å². The van der Waals surface area contributed by atoms with E-state index in [9.17, 15) is 19.8 Å². The molecule has 3 rings (SSSR count). The first-order valence-corrected chi connectivity index (χ1v) is 10.7. The highest BCUT2D eigenvalue weighted by atomic mass is 16.4. The molecule has 164 valence electrons. The van der Waals surface area contributed by atoms with Crippen LogP contribution in [0.4, 0.5) is 4.79 Å². The van der Waals surface area contributed by atoms with E-state index in [4.69, 9.17) is 0 Å². The standard InChI is InChI=1S/C23H33N3O4/c1-14(2)10-19(21(28)29)24-22(30)26(5)13-18-20-11-15-6-7-16(27)12-17(15)23(18,3)8-9-25(20)4/h6-7,12-14,18-20H,8-11H2,1-5H3,(H2-,24,27,28,29,30)/p+1. The summed E-state index contributed by atoms with van der Waals surface area (Å²) in [5, 5.41) is 22.2. The molecule has 0 saturated carbocycles. The van der Waals surface area contributed by atoms with E-state index < -0.39 is 18.0 Å². The van der Waals surface area contributed by atoms with Crippen LogP contribution in [0.1, 0.15) is 44.7 Å². The largest absolute Gasteiger partial charge is 0.508 e. The van der Waals surface area contributed by atoms with E-state index in [2.05, 4.69) is 24.2 Å². The number of amides is 2. The molecule has 1 aromatic carbocycles. The van der Waals surface area contributed by atoms with E-state index in [-0.39, 0.29) is 29.0 Å². The molecule has 2 bridgehead atoms. The molecule has 30 heavy (non-hydrogen) atoms. The third-order valence-corrected chi connectivity index (χ3v) is 6.85. The Morgan fingerprint density at radius 2 is 2.10 bits per heavy atom. The lowest BCUT2D eigenvalue weighted by Crippen LogP contribution is -2.59. The van der Waals surface area contributed by atoms with Crippen LogP contribution >= 0.6 is 0 Å². The number of carboxylic acids is 1. The van der Waals surface area contributed by atoms with E-state index in [1.165, 1.54) is 10.1 Å². The number of rotatable bonds is 5. The zero-order chi connectivity index (χ0) is 22.2. The van der Waals surface area contributed by atoms with E-state index in [1.54, 1.807) is 13.1 Å². The number of benzene rings is 1. The molecule has 1 fully saturated rings. The van der Waals surface area contributed by atoms with Gasteiger partial charge in [-0.3, -0.25) is 0 Å². The third kappa shape index (κ3) is 4.21. The molecule has 2 aliphatic rings. The summed E-state index contributed by atoms with van der Waals surface area (Å²) in [4.78, 5) is 26.7. The van der Waals surface area contributed by atoms with Crippen LogP contribution in [0.25, 0.3) is 0 Å². The van der Waals surface area contributed by atoms with Gasteiger partial charge in [0.1, 0.15) is 5.75 Å². The summed E-state index contributed by atoms with van der Waals surface area (Å²) in [5.74, 6) is -0.531. The first kappa shape index (κ1) is 22.3. The Labute approximate surface area is 178 Å². The predicted molar refractivity (Wildman–Crippen MR) is 115 cm³/mol. The number of nitrogens with zero attached hydrogens (tertiary/aromatic N) is 2. The number of carbonyl (C=O) groups is 2. The van der Waals surface area contributed by atoms with Gasteiger partial charge in [0.2, 0.25) is 0 Å². The number of urea groups is 1. The number of nitrogens with one attached hydrogen (secondary N) is 1. The Morgan fingerprint density at radius 3 is 2.73 bits per heavy atom. The molecular formula is C23H34N3O4+. The van der Waals surface area contributed by atoms with Crippen molar-refractivity contribution in [3.05, 3.63) is 29.3 Å². The van der Waals surface area contributed by atoms with E-state index in [0.29, 0.717) is 6.42 Å². The van der Waals surface area contributed by atoms with Crippen molar-refractivity contribution < 1.29 is 24.4 Å². The third-order valence-electron chi connectivity index (χ3n) is 6.85. The van der Waals surface area contributed by atoms with Gasteiger partial charge in [-0.05, 0) is 55.6 Å². The summed E-state index contributed by atoms with van der Waals surface area (Å²) in [6.45, 7) is 7.03. The van der Waals surface area contributed by atoms with Crippen molar-refractivity contribution in [1.29, 1.82) is 0 Å². The highest BCUT2D eigenvalue weighted by Crippen LogP contribution is 2.48. The number of carboxylic acid groups (broad SMARTS) is 1. The predicted octanol–water partition coefficient (Wildman–Crippen LogP) is 2.45. The zero-order valence-corrected chi connectivity index (χ0v) is 18.6. The van der Waals surface area contributed by atoms with Crippen molar-refractivity contribution >= 4 is 18.2 Å². The molecule has 1 heterocycles. The van der Waals surface area contributed by atoms with Gasteiger partial charge < -0.3 is 15.1 Å². The van der Waals surface area contributed by atoms with Crippen molar-refractivity contribution in [2.45, 2.75) is 57.5 Å². The topological polar surface area (TPSA) is 92.9 Å². The monoisotopic (exact) mass is 416 g/mol. The summed E-state index contributed by atoms with van der Waals surface area (Å²) in [5.41, 5.74) is 2.18. The average Bonchev–Trinajstić information content (AvgIpc) is 2.66. The van der Waals surface area contributed by atoms with Gasteiger partial charge in [-0.1, -0.05) is 26.8 Å². The normalized spacial score (nSPS) is 27.5. The number of fused-ring (bicyclic) bond motifs is 4. The van der Waals surface area contributed by atoms with Crippen LogP contribution in [0.2, 0.25) is 0 Å². The van der Waals surface area contributed by atoms with Crippen LogP contribution in [0.3, 0.4) is 0 Å². The lowest BCUT2D eigenvalue weighted by Gasteiger charge is -2.53. The van der Waals surface area contributed by atoms with Gasteiger partial charge in [-0.25, -0.2) is 14.7 Å². The molecule has 0 spiro atoms. The summed E-state index contributed by atoms with van der Waals surface area (Å²) < 4.78 is 1.50. The highest BCUT2D eigenvalue weighted by molar-refractivity contribution is 5.81. The van der Waals surface area contributed by atoms with Gasteiger partial charge in [-0.15, -0.1) is 0 Å². The van der Waals surface area contributed by atoms with Crippen LogP contribution in [0.5, 0.6) is 5.75 Å². The van der Waals surface area contributed by atoms with Gasteiger partial charge in [0, 0.05) is 23.8 Å². The maximum absolute atomic E-state index is 12.8. The smallest absolute Gasteiger partial charge is 0.491 e. The van der Waals surface area contributed by atoms with Crippen LogP contribution in [0.15, 0.2) is 18.2 Å². The molecule has 0 aromatic heterocycles. The summed E-state index contributed by atoms with van der Waals surface area (Å²) in [7, 11) is 3.79. The number of hydrogen-bond donors (Lipinski definition) is 3. The maximum atomic E-state index is 12.8. The van der Waals surface area contributed by atoms with Crippen molar-refractivity contribution in [1.82, 2.24) is 10.2 Å². The summed E-state index contributed by atoms with van der Waals surface area (Å²) in [6.07, 6.45) is 4.09. The lowest BCUT2D eigenvalue weighted by atomic mass is 9.58. The van der Waals surface area contributed by atoms with Crippen molar-refractivity contribution in [3.63, 3.8) is 0 Å². The number of phenolic OH excluding ortho intramolecular Hbond substituents is 1. The Balaban J connectivity index is 1.91. The number of likely N-dealkylation sites (N-methyl/N-ethyl adjacent to an activating group) is 1. The van der Waals surface area contributed by atoms with Gasteiger partial charge in [-0.2, -0.15) is 4.79 Å². The average molecular weight is 417 g/mol. The molecule has 1 aliphatic carbocycles. The fourth-order valence-corrected chi connectivity index (χ4v) is 5.05. The van der Waals surface area contributed by atoms with Crippen molar-refractivity contribution in [2.75, 3.05) is 20.6 Å². The Morgan fingerprint density at radius 1 is 1.40 bits per heavy atom. The number of phenols is 1. The lowest BCUT2D eigenvalue weighted by molar-refractivity contribution is -0.393. The van der Waals surface area contributed by atoms with E-state index in [1.807, 2.05) is 32.2 Å². The SMILES string of the molecule is CC(C)CC(NC(=O)[N+](C)=CC1C2Cc3ccc(O)cc3C1(C)CCN2C)C(=O)O. The number of likely N-dealkylation sites (tertiary alicyclic amines) is 1. The minimum atomic E-state index is -1.02. The molecule has 7 heteroatoms. The quantitative estimate of drug-likeness (QED) is 0.506. The second kappa shape index (κ2) is 8.38. The van der Waals surface area contributed by atoms with Crippen LogP contribution in [-0.2, 0) is 16.6 Å². The number of hydrogen-bond acceptors (Lipinski definition) is 4. The minimum Gasteiger partial charge on any atom is -0.508 e. The van der Waals surface area contributed by atoms with Gasteiger partial charge in [0.25, 0.3) is 0 Å². The first-order valence-electron chi connectivity index (χ1n) is 10.7. The number of piperidine rings is 1. The molecule has 1 aliphatic heterocycles. The van der Waals surface area contributed by atoms with Crippen LogP contribution < -0.4 is 5.32 Å². The van der Waals surface area contributed by atoms with E-state index >= 15 is 0 Å². The van der Waals surface area contributed by atoms with Crippen molar-refractivity contribution in [3.8, 4) is 5.75 Å². The molecule has 2 amide bonds. The number of aromatic hydroxyl groups is 1. The fraction of sp³-hybridized carbons (Fsp3) is 0.609. The molecule has 1 aromatic rings. The molecular weight excluding hydrogens is 382 g/mol. The van der Waals surface area contributed by atoms with Gasteiger partial charge in [0.15, 0.2) is 6.04 Å². The Kier molecular flexibility index (Phi) is 6.22. The molecule has 3 N–H and O–H groups in total. The van der Waals surface area contributed by atoms with E-state index in [0.717, 1.165) is 24.9 Å².